The Morgan fingerprint density at radius 2 is 2.20 bits per heavy atom. The Balaban J connectivity index is 2.57. The first-order valence-electron chi connectivity index (χ1n) is 4.54. The van der Waals surface area contributed by atoms with Gasteiger partial charge in [-0.05, 0) is 6.07 Å². The molecule has 82 valence electrons. The number of amides is 1. The molecule has 1 aromatic carbocycles. The zero-order chi connectivity index (χ0) is 11.3. The van der Waals surface area contributed by atoms with Crippen molar-refractivity contribution in [1.29, 1.82) is 0 Å². The Morgan fingerprint density at radius 1 is 1.53 bits per heavy atom. The Morgan fingerprint density at radius 3 is 2.80 bits per heavy atom. The predicted molar refractivity (Wildman–Crippen MR) is 53.4 cm³/mol. The van der Waals surface area contributed by atoms with Gasteiger partial charge in [-0.15, -0.1) is 0 Å². The number of hydrogen-bond donors (Lipinski definition) is 3. The van der Waals surface area contributed by atoms with E-state index in [1.165, 1.54) is 18.2 Å². The van der Waals surface area contributed by atoms with E-state index in [9.17, 15) is 14.3 Å². The second-order valence-corrected chi connectivity index (χ2v) is 3.05. The summed E-state index contributed by atoms with van der Waals surface area (Å²) in [5.41, 5.74) is 5.22. The van der Waals surface area contributed by atoms with Crippen molar-refractivity contribution < 1.29 is 14.3 Å². The maximum absolute atomic E-state index is 13.1. The van der Waals surface area contributed by atoms with Crippen molar-refractivity contribution in [2.45, 2.75) is 6.10 Å². The van der Waals surface area contributed by atoms with Crippen LogP contribution in [0.4, 0.5) is 4.39 Å². The summed E-state index contributed by atoms with van der Waals surface area (Å²) in [5, 5.41) is 11.9. The zero-order valence-corrected chi connectivity index (χ0v) is 8.11. The monoisotopic (exact) mass is 212 g/mol. The van der Waals surface area contributed by atoms with Crippen molar-refractivity contribution in [2.75, 3.05) is 13.1 Å². The van der Waals surface area contributed by atoms with Gasteiger partial charge in [-0.25, -0.2) is 4.39 Å². The molecule has 1 rings (SSSR count). The molecule has 4 nitrogen and oxygen atoms in total. The molecule has 0 saturated carbocycles. The van der Waals surface area contributed by atoms with Gasteiger partial charge in [0.1, 0.15) is 5.82 Å². The van der Waals surface area contributed by atoms with Gasteiger partial charge in [-0.3, -0.25) is 4.79 Å². The summed E-state index contributed by atoms with van der Waals surface area (Å²) in [7, 11) is 0. The van der Waals surface area contributed by atoms with Crippen LogP contribution in [0.3, 0.4) is 0 Å². The fourth-order valence-electron chi connectivity index (χ4n) is 1.14. The highest BCUT2D eigenvalue weighted by Crippen LogP contribution is 2.15. The molecule has 1 atom stereocenters. The van der Waals surface area contributed by atoms with Crippen LogP contribution in [0.25, 0.3) is 0 Å². The third-order valence-corrected chi connectivity index (χ3v) is 1.94. The Labute approximate surface area is 86.9 Å². The van der Waals surface area contributed by atoms with Crippen LogP contribution in [0.2, 0.25) is 0 Å². The summed E-state index contributed by atoms with van der Waals surface area (Å²) in [6, 6.07) is 5.87. The molecule has 1 unspecified atom stereocenters. The lowest BCUT2D eigenvalue weighted by Gasteiger charge is -2.12. The van der Waals surface area contributed by atoms with Crippen molar-refractivity contribution in [3.8, 4) is 0 Å². The van der Waals surface area contributed by atoms with E-state index >= 15 is 0 Å². The minimum atomic E-state index is -1.05. The van der Waals surface area contributed by atoms with Gasteiger partial charge in [-0.2, -0.15) is 0 Å². The van der Waals surface area contributed by atoms with Crippen LogP contribution in [-0.4, -0.2) is 24.1 Å². The van der Waals surface area contributed by atoms with Crippen LogP contribution >= 0.6 is 0 Å². The number of halogens is 1. The van der Waals surface area contributed by atoms with E-state index in [1.807, 2.05) is 0 Å². The highest BCUT2D eigenvalue weighted by molar-refractivity contribution is 5.77. The minimum absolute atomic E-state index is 0.0447. The van der Waals surface area contributed by atoms with Gasteiger partial charge >= 0.3 is 0 Å². The summed E-state index contributed by atoms with van der Waals surface area (Å²) in [5.74, 6) is -0.877. The highest BCUT2D eigenvalue weighted by atomic mass is 19.1. The van der Waals surface area contributed by atoms with E-state index in [0.717, 1.165) is 0 Å². The molecule has 15 heavy (non-hydrogen) atoms. The molecular weight excluding hydrogens is 199 g/mol. The first-order valence-corrected chi connectivity index (χ1v) is 4.54. The van der Waals surface area contributed by atoms with Gasteiger partial charge in [0, 0.05) is 12.1 Å². The van der Waals surface area contributed by atoms with Gasteiger partial charge in [0.2, 0.25) is 5.91 Å². The van der Waals surface area contributed by atoms with E-state index in [-0.39, 0.29) is 24.6 Å². The van der Waals surface area contributed by atoms with Gasteiger partial charge < -0.3 is 16.2 Å². The minimum Gasteiger partial charge on any atom is -0.386 e. The molecule has 0 saturated heterocycles. The third kappa shape index (κ3) is 3.30. The van der Waals surface area contributed by atoms with Crippen molar-refractivity contribution in [2.24, 2.45) is 5.73 Å². The molecule has 4 N–H and O–H groups in total. The lowest BCUT2D eigenvalue weighted by Crippen LogP contribution is -2.33. The van der Waals surface area contributed by atoms with Crippen LogP contribution in [0, 0.1) is 5.82 Å². The third-order valence-electron chi connectivity index (χ3n) is 1.94. The normalized spacial score (nSPS) is 12.2. The van der Waals surface area contributed by atoms with Crippen LogP contribution in [0.5, 0.6) is 0 Å². The number of carbonyl (C=O) groups excluding carboxylic acids is 1. The molecule has 0 aromatic heterocycles. The summed E-state index contributed by atoms with van der Waals surface area (Å²) in [4.78, 5) is 10.8. The smallest absolute Gasteiger partial charge is 0.233 e. The second-order valence-electron chi connectivity index (χ2n) is 3.05. The van der Waals surface area contributed by atoms with E-state index in [1.54, 1.807) is 6.07 Å². The zero-order valence-electron chi connectivity index (χ0n) is 8.11. The van der Waals surface area contributed by atoms with Crippen LogP contribution in [0.1, 0.15) is 11.7 Å². The number of nitrogens with one attached hydrogen (secondary N) is 1. The molecule has 0 heterocycles. The topological polar surface area (TPSA) is 75.4 Å². The average Bonchev–Trinajstić information content (AvgIpc) is 2.26. The number of aliphatic hydroxyl groups is 1. The first kappa shape index (κ1) is 11.6. The molecular formula is C10H13FN2O2. The lowest BCUT2D eigenvalue weighted by molar-refractivity contribution is -0.120. The molecule has 1 amide bonds. The highest BCUT2D eigenvalue weighted by Gasteiger charge is 2.12. The van der Waals surface area contributed by atoms with Crippen LogP contribution in [-0.2, 0) is 4.79 Å². The molecule has 0 aliphatic heterocycles. The van der Waals surface area contributed by atoms with Crippen molar-refractivity contribution in [1.82, 2.24) is 5.32 Å². The van der Waals surface area contributed by atoms with Crippen molar-refractivity contribution in [3.63, 3.8) is 0 Å². The van der Waals surface area contributed by atoms with Gasteiger partial charge in [0.15, 0.2) is 0 Å². The van der Waals surface area contributed by atoms with E-state index in [0.29, 0.717) is 0 Å². The summed E-state index contributed by atoms with van der Waals surface area (Å²) < 4.78 is 13.1. The maximum Gasteiger partial charge on any atom is 0.233 e. The molecule has 0 bridgehead atoms. The predicted octanol–water partition coefficient (Wildman–Crippen LogP) is -0.0660. The van der Waals surface area contributed by atoms with Crippen LogP contribution < -0.4 is 11.1 Å². The van der Waals surface area contributed by atoms with Crippen molar-refractivity contribution in [3.05, 3.63) is 35.6 Å². The standard InChI is InChI=1S/C10H13FN2O2/c11-8-4-2-1-3-7(8)9(14)6-13-10(15)5-12/h1-4,9,14H,5-6,12H2,(H,13,15). The molecule has 0 aliphatic carbocycles. The summed E-state index contributed by atoms with van der Waals surface area (Å²) in [6.45, 7) is -0.193. The maximum atomic E-state index is 13.1. The number of carbonyl (C=O) groups is 1. The number of aliphatic hydroxyl groups excluding tert-OH is 1. The Bertz CT molecular complexity index is 344. The van der Waals surface area contributed by atoms with Crippen molar-refractivity contribution >= 4 is 5.91 Å². The summed E-state index contributed by atoms with van der Waals surface area (Å²) >= 11 is 0. The fraction of sp³-hybridized carbons (Fsp3) is 0.300. The van der Waals surface area contributed by atoms with Gasteiger partial charge in [0.25, 0.3) is 0 Å². The van der Waals surface area contributed by atoms with E-state index in [4.69, 9.17) is 5.73 Å². The second kappa shape index (κ2) is 5.43. The fourth-order valence-corrected chi connectivity index (χ4v) is 1.14. The van der Waals surface area contributed by atoms with E-state index in [2.05, 4.69) is 5.32 Å². The molecule has 0 spiro atoms. The number of hydrogen-bond acceptors (Lipinski definition) is 3. The van der Waals surface area contributed by atoms with Gasteiger partial charge in [0.05, 0.1) is 12.6 Å². The number of nitrogens with two attached hydrogens (primary N) is 1. The molecule has 5 heteroatoms. The van der Waals surface area contributed by atoms with Gasteiger partial charge in [-0.1, -0.05) is 18.2 Å². The summed E-state index contributed by atoms with van der Waals surface area (Å²) in [6.07, 6.45) is -1.05. The SMILES string of the molecule is NCC(=O)NCC(O)c1ccccc1F. The Hall–Kier alpha value is -1.46. The Kier molecular flexibility index (Phi) is 4.20. The van der Waals surface area contributed by atoms with E-state index < -0.39 is 11.9 Å². The quantitative estimate of drug-likeness (QED) is 0.654. The molecule has 1 aromatic rings. The molecule has 0 aliphatic rings. The lowest BCUT2D eigenvalue weighted by atomic mass is 10.1. The molecule has 0 radical (unpaired) electrons. The first-order chi connectivity index (χ1) is 7.15. The average molecular weight is 212 g/mol. The number of rotatable bonds is 4. The largest absolute Gasteiger partial charge is 0.386 e. The molecule has 0 fully saturated rings. The number of benzene rings is 1. The van der Waals surface area contributed by atoms with Crippen LogP contribution in [0.15, 0.2) is 24.3 Å².